The maximum Gasteiger partial charge on any atom is 0.257 e. The van der Waals surface area contributed by atoms with E-state index in [1.165, 1.54) is 12.1 Å². The summed E-state index contributed by atoms with van der Waals surface area (Å²) >= 11 is 32.1. The number of nitrogens with one attached hydrogen (secondary N) is 2. The number of nitrogens with two attached hydrogens (primary N) is 1. The summed E-state index contributed by atoms with van der Waals surface area (Å²) in [6.07, 6.45) is 0. The summed E-state index contributed by atoms with van der Waals surface area (Å²) in [5.74, 6) is -2.03. The van der Waals surface area contributed by atoms with Crippen LogP contribution in [0.4, 0.5) is 11.4 Å². The standard InChI is InChI=1S/C26H22Cl5N3O3/c1-13-8-18(33-6-7-35)3-5-21(13)34-23(36)19-11-15(2-4-20(19)29)25(24(32)37)22(26(25,30)31)14-9-16(27)12-17(28)10-14/h2-5,8-12,22,33,35H,6-7H2,1H3,(H2,32,37)(H,34,36). The minimum Gasteiger partial charge on any atom is -0.395 e. The van der Waals surface area contributed by atoms with Crippen molar-refractivity contribution in [1.82, 2.24) is 0 Å². The topological polar surface area (TPSA) is 104 Å². The van der Waals surface area contributed by atoms with E-state index in [2.05, 4.69) is 10.6 Å². The Morgan fingerprint density at radius 1 is 1.00 bits per heavy atom. The summed E-state index contributed by atoms with van der Waals surface area (Å²) in [6, 6.07) is 14.7. The van der Waals surface area contributed by atoms with Crippen molar-refractivity contribution in [3.8, 4) is 0 Å². The fourth-order valence-corrected chi connectivity index (χ4v) is 6.50. The molecule has 1 aliphatic rings. The van der Waals surface area contributed by atoms with Gasteiger partial charge in [0.2, 0.25) is 5.91 Å². The van der Waals surface area contributed by atoms with Gasteiger partial charge in [-0.2, -0.15) is 0 Å². The Labute approximate surface area is 239 Å². The van der Waals surface area contributed by atoms with E-state index < -0.39 is 27.5 Å². The molecular formula is C26H22Cl5N3O3. The first-order valence-electron chi connectivity index (χ1n) is 11.1. The fourth-order valence-electron chi connectivity index (χ4n) is 4.66. The number of carbonyl (C=O) groups excluding carboxylic acids is 2. The van der Waals surface area contributed by atoms with E-state index >= 15 is 0 Å². The molecule has 0 aromatic heterocycles. The van der Waals surface area contributed by atoms with Crippen LogP contribution in [0.3, 0.4) is 0 Å². The second-order valence-corrected chi connectivity index (χ2v) is 11.4. The van der Waals surface area contributed by atoms with E-state index in [1.54, 1.807) is 36.4 Å². The Kier molecular flexibility index (Phi) is 7.92. The number of anilines is 2. The van der Waals surface area contributed by atoms with E-state index in [1.807, 2.05) is 13.0 Å². The minimum absolute atomic E-state index is 0.00370. The summed E-state index contributed by atoms with van der Waals surface area (Å²) < 4.78 is -1.62. The monoisotopic (exact) mass is 599 g/mol. The van der Waals surface area contributed by atoms with Gasteiger partial charge < -0.3 is 21.5 Å². The average molecular weight is 602 g/mol. The molecule has 2 amide bonds. The maximum atomic E-state index is 13.3. The molecule has 1 aliphatic carbocycles. The first kappa shape index (κ1) is 27.8. The lowest BCUT2D eigenvalue weighted by molar-refractivity contribution is -0.120. The molecule has 0 radical (unpaired) electrons. The van der Waals surface area contributed by atoms with E-state index in [4.69, 9.17) is 68.8 Å². The SMILES string of the molecule is Cc1cc(NCCO)ccc1NC(=O)c1cc(C2(C(N)=O)C(c3cc(Cl)cc(Cl)c3)C2(Cl)Cl)ccc1Cl. The van der Waals surface area contributed by atoms with Crippen LogP contribution >= 0.6 is 58.0 Å². The average Bonchev–Trinajstić information content (AvgIpc) is 3.36. The first-order valence-corrected chi connectivity index (χ1v) is 13.0. The summed E-state index contributed by atoms with van der Waals surface area (Å²) in [6.45, 7) is 2.23. The normalized spacial score (nSPS) is 19.8. The molecule has 37 heavy (non-hydrogen) atoms. The summed E-state index contributed by atoms with van der Waals surface area (Å²) in [4.78, 5) is 26.1. The number of aliphatic hydroxyl groups is 1. The molecule has 3 aromatic rings. The number of carbonyl (C=O) groups is 2. The number of amides is 2. The Balaban J connectivity index is 1.70. The van der Waals surface area contributed by atoms with Gasteiger partial charge in [-0.1, -0.05) is 64.1 Å². The van der Waals surface area contributed by atoms with Gasteiger partial charge in [-0.05, 0) is 72.1 Å². The van der Waals surface area contributed by atoms with Crippen LogP contribution in [0, 0.1) is 6.92 Å². The molecule has 0 spiro atoms. The van der Waals surface area contributed by atoms with Gasteiger partial charge in [-0.15, -0.1) is 0 Å². The molecule has 0 bridgehead atoms. The van der Waals surface area contributed by atoms with Crippen molar-refractivity contribution < 1.29 is 14.7 Å². The van der Waals surface area contributed by atoms with Crippen molar-refractivity contribution in [1.29, 1.82) is 0 Å². The molecule has 0 saturated heterocycles. The fraction of sp³-hybridized carbons (Fsp3) is 0.231. The highest BCUT2D eigenvalue weighted by Gasteiger charge is 2.80. The number of hydrogen-bond donors (Lipinski definition) is 4. The second-order valence-electron chi connectivity index (χ2n) is 8.76. The molecule has 2 atom stereocenters. The van der Waals surface area contributed by atoms with Gasteiger partial charge in [0, 0.05) is 33.9 Å². The van der Waals surface area contributed by atoms with Crippen molar-refractivity contribution in [3.63, 3.8) is 0 Å². The summed E-state index contributed by atoms with van der Waals surface area (Å²) in [5, 5.41) is 15.8. The molecule has 5 N–H and O–H groups in total. The highest BCUT2D eigenvalue weighted by Crippen LogP contribution is 2.74. The van der Waals surface area contributed by atoms with Crippen LogP contribution in [0.25, 0.3) is 0 Å². The zero-order valence-electron chi connectivity index (χ0n) is 19.4. The number of hydrogen-bond acceptors (Lipinski definition) is 4. The van der Waals surface area contributed by atoms with Crippen LogP contribution in [0.1, 0.15) is 33.0 Å². The molecule has 2 unspecified atom stereocenters. The third-order valence-electron chi connectivity index (χ3n) is 6.43. The summed E-state index contributed by atoms with van der Waals surface area (Å²) in [5.41, 5.74) is 7.45. The van der Waals surface area contributed by atoms with Crippen LogP contribution in [-0.2, 0) is 10.2 Å². The number of aliphatic hydroxyl groups excluding tert-OH is 1. The van der Waals surface area contributed by atoms with Crippen LogP contribution < -0.4 is 16.4 Å². The predicted octanol–water partition coefficient (Wildman–Crippen LogP) is 6.31. The van der Waals surface area contributed by atoms with Gasteiger partial charge in [0.05, 0.1) is 17.2 Å². The third kappa shape index (κ3) is 4.99. The third-order valence-corrected chi connectivity index (χ3v) is 8.23. The van der Waals surface area contributed by atoms with Crippen molar-refractivity contribution in [2.24, 2.45) is 5.73 Å². The largest absolute Gasteiger partial charge is 0.395 e. The molecule has 4 rings (SSSR count). The Bertz CT molecular complexity index is 1380. The number of rotatable bonds is 8. The zero-order valence-corrected chi connectivity index (χ0v) is 23.2. The first-order chi connectivity index (χ1) is 17.4. The lowest BCUT2D eigenvalue weighted by Gasteiger charge is -2.18. The highest BCUT2D eigenvalue weighted by molar-refractivity contribution is 6.55. The second kappa shape index (κ2) is 10.5. The van der Waals surface area contributed by atoms with Crippen molar-refractivity contribution in [2.45, 2.75) is 22.6 Å². The Hall–Kier alpha value is -2.19. The van der Waals surface area contributed by atoms with E-state index in [0.717, 1.165) is 11.3 Å². The predicted molar refractivity (Wildman–Crippen MR) is 151 cm³/mol. The van der Waals surface area contributed by atoms with Gasteiger partial charge >= 0.3 is 0 Å². The van der Waals surface area contributed by atoms with E-state index in [0.29, 0.717) is 33.4 Å². The quantitative estimate of drug-likeness (QED) is 0.227. The molecule has 3 aromatic carbocycles. The van der Waals surface area contributed by atoms with Gasteiger partial charge in [-0.3, -0.25) is 9.59 Å². The molecule has 11 heteroatoms. The van der Waals surface area contributed by atoms with E-state index in [-0.39, 0.29) is 17.2 Å². The molecule has 0 heterocycles. The molecular weight excluding hydrogens is 580 g/mol. The lowest BCUT2D eigenvalue weighted by Crippen LogP contribution is -2.34. The van der Waals surface area contributed by atoms with Crippen LogP contribution in [-0.4, -0.2) is 34.4 Å². The van der Waals surface area contributed by atoms with Gasteiger partial charge in [-0.25, -0.2) is 0 Å². The molecule has 194 valence electrons. The molecule has 1 fully saturated rings. The number of alkyl halides is 2. The molecule has 1 saturated carbocycles. The zero-order chi connectivity index (χ0) is 27.1. The number of primary amides is 1. The van der Waals surface area contributed by atoms with Gasteiger partial charge in [0.1, 0.15) is 9.75 Å². The van der Waals surface area contributed by atoms with Gasteiger partial charge in [0.15, 0.2) is 0 Å². The minimum atomic E-state index is -1.62. The van der Waals surface area contributed by atoms with Crippen LogP contribution in [0.15, 0.2) is 54.6 Å². The van der Waals surface area contributed by atoms with Crippen molar-refractivity contribution in [3.05, 3.63) is 91.9 Å². The number of benzene rings is 3. The van der Waals surface area contributed by atoms with Crippen molar-refractivity contribution >= 4 is 81.2 Å². The van der Waals surface area contributed by atoms with Crippen LogP contribution in [0.5, 0.6) is 0 Å². The maximum absolute atomic E-state index is 13.3. The molecule has 6 nitrogen and oxygen atoms in total. The smallest absolute Gasteiger partial charge is 0.257 e. The lowest BCUT2D eigenvalue weighted by atomic mass is 9.88. The summed E-state index contributed by atoms with van der Waals surface area (Å²) in [7, 11) is 0. The molecule has 0 aliphatic heterocycles. The van der Waals surface area contributed by atoms with E-state index in [9.17, 15) is 9.59 Å². The Morgan fingerprint density at radius 3 is 2.27 bits per heavy atom. The number of aryl methyl sites for hydroxylation is 1. The number of halogens is 5. The van der Waals surface area contributed by atoms with Crippen molar-refractivity contribution in [2.75, 3.05) is 23.8 Å². The van der Waals surface area contributed by atoms with Crippen LogP contribution in [0.2, 0.25) is 15.1 Å². The Morgan fingerprint density at radius 2 is 1.68 bits per heavy atom. The van der Waals surface area contributed by atoms with Gasteiger partial charge in [0.25, 0.3) is 5.91 Å². The highest BCUT2D eigenvalue weighted by atomic mass is 35.5.